The Bertz CT molecular complexity index is 1010. The highest BCUT2D eigenvalue weighted by Crippen LogP contribution is 2.51. The molecule has 166 valence electrons. The van der Waals surface area contributed by atoms with E-state index in [0.717, 1.165) is 5.56 Å². The van der Waals surface area contributed by atoms with Gasteiger partial charge in [0.25, 0.3) is 0 Å². The Hall–Kier alpha value is -1.86. The number of ether oxygens (including phenoxy) is 2. The molecule has 1 fully saturated rings. The molecule has 1 saturated heterocycles. The summed E-state index contributed by atoms with van der Waals surface area (Å²) in [4.78, 5) is 14.4. The van der Waals surface area contributed by atoms with Crippen LogP contribution in [-0.2, 0) is 16.8 Å². The summed E-state index contributed by atoms with van der Waals surface area (Å²) < 4.78 is 41.4. The molecular weight excluding hydrogens is 492 g/mol. The molecule has 31 heavy (non-hydrogen) atoms. The van der Waals surface area contributed by atoms with Crippen molar-refractivity contribution in [3.63, 3.8) is 0 Å². The van der Waals surface area contributed by atoms with Gasteiger partial charge in [-0.25, -0.2) is 13.6 Å². The van der Waals surface area contributed by atoms with Gasteiger partial charge in [-0.2, -0.15) is 0 Å². The highest BCUT2D eigenvalue weighted by Gasteiger charge is 2.56. The molecule has 0 radical (unpaired) electrons. The SMILES string of the molecule is CC(C)(C)OC(=O)N1C[C@H](F)CC1[C@@]1(c2ccccc2)Cc2c(cc(F)c(Cl)c2Br)O1. The maximum absolute atomic E-state index is 14.7. The number of likely N-dealkylation sites (tertiary alicyclic amines) is 1. The van der Waals surface area contributed by atoms with Gasteiger partial charge in [-0.05, 0) is 42.3 Å². The summed E-state index contributed by atoms with van der Waals surface area (Å²) in [5.41, 5.74) is -0.389. The Morgan fingerprint density at radius 1 is 1.32 bits per heavy atom. The predicted octanol–water partition coefficient (Wildman–Crippen LogP) is 6.42. The number of amides is 1. The highest BCUT2D eigenvalue weighted by molar-refractivity contribution is 9.10. The van der Waals surface area contributed by atoms with Crippen molar-refractivity contribution in [3.8, 4) is 5.75 Å². The number of alkyl halides is 1. The Balaban J connectivity index is 1.82. The third-order valence-corrected chi connectivity index (χ3v) is 7.11. The van der Waals surface area contributed by atoms with Gasteiger partial charge >= 0.3 is 6.09 Å². The molecule has 0 spiro atoms. The van der Waals surface area contributed by atoms with Crippen LogP contribution in [0.2, 0.25) is 5.02 Å². The van der Waals surface area contributed by atoms with E-state index < -0.39 is 35.3 Å². The molecule has 0 aromatic heterocycles. The quantitative estimate of drug-likeness (QED) is 0.434. The van der Waals surface area contributed by atoms with Crippen LogP contribution in [0.1, 0.15) is 38.3 Å². The molecule has 2 aromatic carbocycles. The van der Waals surface area contributed by atoms with Crippen molar-refractivity contribution >= 4 is 33.6 Å². The van der Waals surface area contributed by atoms with Crippen molar-refractivity contribution in [2.24, 2.45) is 0 Å². The average Bonchev–Trinajstić information content (AvgIpc) is 3.28. The van der Waals surface area contributed by atoms with Crippen LogP contribution in [0.4, 0.5) is 13.6 Å². The third kappa shape index (κ3) is 4.02. The number of halogens is 4. The highest BCUT2D eigenvalue weighted by atomic mass is 79.9. The molecule has 8 heteroatoms. The molecule has 0 N–H and O–H groups in total. The Morgan fingerprint density at radius 3 is 2.65 bits per heavy atom. The number of carbonyl (C=O) groups is 1. The molecule has 0 aliphatic carbocycles. The second-order valence-electron chi connectivity index (χ2n) is 8.98. The van der Waals surface area contributed by atoms with E-state index in [4.69, 9.17) is 21.1 Å². The van der Waals surface area contributed by atoms with Crippen LogP contribution in [0.25, 0.3) is 0 Å². The summed E-state index contributed by atoms with van der Waals surface area (Å²) >= 11 is 9.49. The molecule has 3 atom stereocenters. The van der Waals surface area contributed by atoms with E-state index in [1.54, 1.807) is 20.8 Å². The molecule has 1 amide bonds. The summed E-state index contributed by atoms with van der Waals surface area (Å²) in [5, 5.41) is -0.0370. The van der Waals surface area contributed by atoms with E-state index in [9.17, 15) is 13.6 Å². The maximum Gasteiger partial charge on any atom is 0.410 e. The van der Waals surface area contributed by atoms with Gasteiger partial charge in [0.15, 0.2) is 5.60 Å². The molecule has 4 nitrogen and oxygen atoms in total. The van der Waals surface area contributed by atoms with Crippen LogP contribution in [-0.4, -0.2) is 35.4 Å². The zero-order chi connectivity index (χ0) is 22.6. The third-order valence-electron chi connectivity index (χ3n) is 5.63. The van der Waals surface area contributed by atoms with Crippen LogP contribution in [0.15, 0.2) is 40.9 Å². The number of hydrogen-bond acceptors (Lipinski definition) is 3. The van der Waals surface area contributed by atoms with E-state index in [1.807, 2.05) is 30.3 Å². The van der Waals surface area contributed by atoms with E-state index in [-0.39, 0.29) is 18.0 Å². The topological polar surface area (TPSA) is 38.8 Å². The maximum atomic E-state index is 14.7. The number of nitrogens with zero attached hydrogens (tertiary/aromatic N) is 1. The zero-order valence-electron chi connectivity index (χ0n) is 17.4. The predicted molar refractivity (Wildman–Crippen MR) is 118 cm³/mol. The van der Waals surface area contributed by atoms with Crippen molar-refractivity contribution in [1.29, 1.82) is 0 Å². The first-order valence-electron chi connectivity index (χ1n) is 10.1. The largest absolute Gasteiger partial charge is 0.480 e. The summed E-state index contributed by atoms with van der Waals surface area (Å²) in [6.07, 6.45) is -1.45. The summed E-state index contributed by atoms with van der Waals surface area (Å²) in [5.74, 6) is -0.293. The number of carbonyl (C=O) groups excluding carboxylic acids is 1. The van der Waals surface area contributed by atoms with Gasteiger partial charge in [0.2, 0.25) is 0 Å². The number of fused-ring (bicyclic) bond motifs is 1. The molecule has 2 aliphatic rings. The van der Waals surface area contributed by atoms with Gasteiger partial charge in [-0.3, -0.25) is 4.90 Å². The van der Waals surface area contributed by atoms with Crippen molar-refractivity contribution in [2.45, 2.75) is 57.0 Å². The van der Waals surface area contributed by atoms with Gasteiger partial charge < -0.3 is 9.47 Å². The monoisotopic (exact) mass is 513 g/mol. The van der Waals surface area contributed by atoms with Crippen LogP contribution in [0, 0.1) is 5.82 Å². The molecule has 4 rings (SSSR count). The van der Waals surface area contributed by atoms with Crippen LogP contribution < -0.4 is 4.74 Å². The number of rotatable bonds is 2. The van der Waals surface area contributed by atoms with E-state index >= 15 is 0 Å². The fourth-order valence-corrected chi connectivity index (χ4v) is 5.06. The summed E-state index contributed by atoms with van der Waals surface area (Å²) in [7, 11) is 0. The molecule has 0 bridgehead atoms. The van der Waals surface area contributed by atoms with Gasteiger partial charge in [-0.15, -0.1) is 0 Å². The van der Waals surface area contributed by atoms with Crippen molar-refractivity contribution < 1.29 is 23.0 Å². The number of hydrogen-bond donors (Lipinski definition) is 0. The van der Waals surface area contributed by atoms with Gasteiger partial charge in [0.1, 0.15) is 23.3 Å². The lowest BCUT2D eigenvalue weighted by Crippen LogP contribution is -2.53. The van der Waals surface area contributed by atoms with Crippen LogP contribution in [0.5, 0.6) is 5.75 Å². The zero-order valence-corrected chi connectivity index (χ0v) is 19.8. The standard InChI is InChI=1S/C23H23BrClF2NO3/c1-22(2,3)31-21(29)28-12-14(26)9-18(28)23(13-7-5-4-6-8-13)11-15-17(30-23)10-16(27)20(25)19(15)24/h4-8,10,14,18H,9,11-12H2,1-3H3/t14-,18?,23+/m1/s1. The summed E-state index contributed by atoms with van der Waals surface area (Å²) in [6.45, 7) is 5.20. The molecule has 2 aliphatic heterocycles. The fourth-order valence-electron chi connectivity index (χ4n) is 4.37. The Labute approximate surface area is 193 Å². The van der Waals surface area contributed by atoms with Crippen LogP contribution in [0.3, 0.4) is 0 Å². The molecule has 1 unspecified atom stereocenters. The molecule has 0 saturated carbocycles. The number of benzene rings is 2. The first-order valence-corrected chi connectivity index (χ1v) is 11.2. The molecular formula is C23H23BrClF2NO3. The summed E-state index contributed by atoms with van der Waals surface area (Å²) in [6, 6.07) is 9.91. The second-order valence-corrected chi connectivity index (χ2v) is 10.1. The normalized spacial score (nSPS) is 25.3. The van der Waals surface area contributed by atoms with Crippen molar-refractivity contribution in [1.82, 2.24) is 4.90 Å². The fraction of sp³-hybridized carbons (Fsp3) is 0.435. The van der Waals surface area contributed by atoms with E-state index in [1.165, 1.54) is 11.0 Å². The first-order chi connectivity index (χ1) is 14.5. The minimum atomic E-state index is -1.23. The van der Waals surface area contributed by atoms with E-state index in [2.05, 4.69) is 15.9 Å². The Morgan fingerprint density at radius 2 is 2.00 bits per heavy atom. The first kappa shape index (κ1) is 22.3. The van der Waals surface area contributed by atoms with Crippen LogP contribution >= 0.6 is 27.5 Å². The lowest BCUT2D eigenvalue weighted by Gasteiger charge is -2.40. The Kier molecular flexibility index (Phi) is 5.71. The van der Waals surface area contributed by atoms with E-state index in [0.29, 0.717) is 22.2 Å². The van der Waals surface area contributed by atoms with Gasteiger partial charge in [-0.1, -0.05) is 41.9 Å². The van der Waals surface area contributed by atoms with Gasteiger partial charge in [0, 0.05) is 28.9 Å². The van der Waals surface area contributed by atoms with Crippen molar-refractivity contribution in [2.75, 3.05) is 6.54 Å². The lowest BCUT2D eigenvalue weighted by atomic mass is 9.81. The molecule has 2 heterocycles. The average molecular weight is 515 g/mol. The minimum Gasteiger partial charge on any atom is -0.480 e. The minimum absolute atomic E-state index is 0.0370. The van der Waals surface area contributed by atoms with Gasteiger partial charge in [0.05, 0.1) is 17.6 Å². The second kappa shape index (κ2) is 7.93. The van der Waals surface area contributed by atoms with Crippen molar-refractivity contribution in [3.05, 3.63) is 62.8 Å². The smallest absolute Gasteiger partial charge is 0.410 e. The molecule has 2 aromatic rings. The lowest BCUT2D eigenvalue weighted by molar-refractivity contribution is -0.0216.